The first kappa shape index (κ1) is 35.0. The van der Waals surface area contributed by atoms with Crippen molar-refractivity contribution in [3.8, 4) is 5.75 Å². The second-order valence-electron chi connectivity index (χ2n) is 11.9. The lowest BCUT2D eigenvalue weighted by Crippen LogP contribution is -2.60. The lowest BCUT2D eigenvalue weighted by Gasteiger charge is -2.29. The molecule has 0 aromatic heterocycles. The Morgan fingerprint density at radius 3 is 2.42 bits per heavy atom. The molecule has 45 heavy (non-hydrogen) atoms. The minimum Gasteiger partial charge on any atom is -0.493 e. The quantitative estimate of drug-likeness (QED) is 0.277. The van der Waals surface area contributed by atoms with Gasteiger partial charge in [0.05, 0.1) is 18.6 Å². The molecule has 2 aromatic carbocycles. The van der Waals surface area contributed by atoms with Gasteiger partial charge in [-0.25, -0.2) is 0 Å². The topological polar surface area (TPSA) is 158 Å². The molecule has 1 aliphatic rings. The maximum absolute atomic E-state index is 13.4. The molecule has 0 bridgehead atoms. The van der Waals surface area contributed by atoms with Gasteiger partial charge in [-0.2, -0.15) is 0 Å². The van der Waals surface area contributed by atoms with E-state index >= 15 is 0 Å². The van der Waals surface area contributed by atoms with Crippen LogP contribution in [0, 0.1) is 0 Å². The van der Waals surface area contributed by atoms with Crippen LogP contribution in [-0.4, -0.2) is 92.4 Å². The number of carbonyl (C=O) groups is 5. The van der Waals surface area contributed by atoms with Gasteiger partial charge in [-0.05, 0) is 71.4 Å². The third-order valence-corrected chi connectivity index (χ3v) is 7.28. The number of nitrogens with zero attached hydrogens (tertiary/aromatic N) is 1. The summed E-state index contributed by atoms with van der Waals surface area (Å²) in [5.41, 5.74) is -0.377. The Labute approximate surface area is 265 Å². The average molecular weight is 623 g/mol. The molecular weight excluding hydrogens is 576 g/mol. The monoisotopic (exact) mass is 622 g/mol. The molecule has 3 rings (SSSR count). The zero-order valence-corrected chi connectivity index (χ0v) is 26.6. The van der Waals surface area contributed by atoms with Crippen molar-refractivity contribution in [1.29, 1.82) is 0 Å². The molecule has 244 valence electrons. The van der Waals surface area contributed by atoms with Gasteiger partial charge in [0.25, 0.3) is 5.91 Å². The number of nitrogens with one attached hydrogen (secondary N) is 5. The smallest absolute Gasteiger partial charge is 0.255 e. The number of hydrogen-bond donors (Lipinski definition) is 5. The number of amides is 5. The van der Waals surface area contributed by atoms with Crippen molar-refractivity contribution < 1.29 is 28.7 Å². The summed E-state index contributed by atoms with van der Waals surface area (Å²) >= 11 is 0. The first-order chi connectivity index (χ1) is 21.5. The number of fused-ring (bicyclic) bond motifs is 1. The van der Waals surface area contributed by atoms with Crippen LogP contribution in [-0.2, 0) is 25.6 Å². The van der Waals surface area contributed by atoms with Crippen molar-refractivity contribution in [3.63, 3.8) is 0 Å². The van der Waals surface area contributed by atoms with Crippen molar-refractivity contribution in [2.24, 2.45) is 0 Å². The predicted molar refractivity (Wildman–Crippen MR) is 171 cm³/mol. The Balaban J connectivity index is 1.84. The van der Waals surface area contributed by atoms with Crippen molar-refractivity contribution in [2.45, 2.75) is 63.6 Å². The number of unbranched alkanes of at least 4 members (excludes halogenated alkanes) is 1. The Bertz CT molecular complexity index is 1320. The Kier molecular flexibility index (Phi) is 13.3. The van der Waals surface area contributed by atoms with Crippen LogP contribution in [0.25, 0.3) is 0 Å². The molecule has 2 aromatic rings. The zero-order valence-electron chi connectivity index (χ0n) is 26.6. The maximum atomic E-state index is 13.4. The summed E-state index contributed by atoms with van der Waals surface area (Å²) in [6.07, 6.45) is 1.85. The van der Waals surface area contributed by atoms with E-state index in [0.29, 0.717) is 18.7 Å². The van der Waals surface area contributed by atoms with Crippen LogP contribution in [0.1, 0.15) is 55.5 Å². The highest BCUT2D eigenvalue weighted by Crippen LogP contribution is 2.19. The standard InChI is InChI=1S/C33H46N6O6/c1-33(2)32(44)37-25(21-23-13-6-5-7-14-23)30(42)35-18-12-20-45-27-16-9-8-15-24(27)29(41)36-26(22-28(40)38-33)31(43)34-17-10-11-19-39(3)4/h5-9,13-16,25-26H,10-12,17-22H2,1-4H3,(H,34,43)(H,35,42)(H,36,41)(H,37,44)(H,38,40)/t25-,26-/m0/s1. The predicted octanol–water partition coefficient (Wildman–Crippen LogP) is 1.15. The molecule has 0 radical (unpaired) electrons. The second-order valence-corrected chi connectivity index (χ2v) is 11.9. The molecule has 12 heteroatoms. The normalized spacial score (nSPS) is 19.8. The third kappa shape index (κ3) is 11.5. The van der Waals surface area contributed by atoms with E-state index in [1.165, 1.54) is 13.8 Å². The van der Waals surface area contributed by atoms with Gasteiger partial charge in [0.2, 0.25) is 23.6 Å². The summed E-state index contributed by atoms with van der Waals surface area (Å²) in [6.45, 7) is 4.74. The lowest BCUT2D eigenvalue weighted by atomic mass is 10.00. The Hall–Kier alpha value is -4.45. The molecule has 1 heterocycles. The molecule has 0 aliphatic carbocycles. The van der Waals surface area contributed by atoms with Gasteiger partial charge in [-0.3, -0.25) is 24.0 Å². The lowest BCUT2D eigenvalue weighted by molar-refractivity contribution is -0.135. The summed E-state index contributed by atoms with van der Waals surface area (Å²) in [4.78, 5) is 68.5. The zero-order chi connectivity index (χ0) is 32.8. The number of carbonyl (C=O) groups excluding carboxylic acids is 5. The number of ether oxygens (including phenoxy) is 1. The highest BCUT2D eigenvalue weighted by Gasteiger charge is 2.34. The van der Waals surface area contributed by atoms with Gasteiger partial charge in [0, 0.05) is 19.5 Å². The van der Waals surface area contributed by atoms with E-state index in [-0.39, 0.29) is 31.0 Å². The average Bonchev–Trinajstić information content (AvgIpc) is 2.99. The Morgan fingerprint density at radius 1 is 0.978 bits per heavy atom. The molecular formula is C33H46N6O6. The van der Waals surface area contributed by atoms with Gasteiger partial charge in [0.15, 0.2) is 0 Å². The minimum absolute atomic E-state index is 0.201. The van der Waals surface area contributed by atoms with E-state index < -0.39 is 47.7 Å². The summed E-state index contributed by atoms with van der Waals surface area (Å²) in [6, 6.07) is 13.8. The maximum Gasteiger partial charge on any atom is 0.255 e. The van der Waals surface area contributed by atoms with Crippen molar-refractivity contribution in [1.82, 2.24) is 31.5 Å². The van der Waals surface area contributed by atoms with Crippen LogP contribution >= 0.6 is 0 Å². The number of benzene rings is 2. The van der Waals surface area contributed by atoms with Crippen LogP contribution in [0.15, 0.2) is 54.6 Å². The van der Waals surface area contributed by atoms with Crippen molar-refractivity contribution in [3.05, 3.63) is 65.7 Å². The molecule has 0 unspecified atom stereocenters. The molecule has 0 saturated carbocycles. The summed E-state index contributed by atoms with van der Waals surface area (Å²) < 4.78 is 5.87. The summed E-state index contributed by atoms with van der Waals surface area (Å²) in [7, 11) is 3.94. The number of hydrogen-bond acceptors (Lipinski definition) is 7. The van der Waals surface area contributed by atoms with E-state index in [9.17, 15) is 24.0 Å². The van der Waals surface area contributed by atoms with Crippen molar-refractivity contribution in [2.75, 3.05) is 40.3 Å². The van der Waals surface area contributed by atoms with E-state index in [4.69, 9.17) is 4.74 Å². The molecule has 0 fully saturated rings. The van der Waals surface area contributed by atoms with Crippen LogP contribution in [0.2, 0.25) is 0 Å². The van der Waals surface area contributed by atoms with Gasteiger partial charge in [0.1, 0.15) is 23.4 Å². The third-order valence-electron chi connectivity index (χ3n) is 7.28. The van der Waals surface area contributed by atoms with E-state index in [1.807, 2.05) is 49.3 Å². The van der Waals surface area contributed by atoms with Crippen LogP contribution < -0.4 is 31.3 Å². The number of para-hydroxylation sites is 1. The molecule has 0 saturated heterocycles. The van der Waals surface area contributed by atoms with Gasteiger partial charge >= 0.3 is 0 Å². The van der Waals surface area contributed by atoms with Crippen LogP contribution in [0.3, 0.4) is 0 Å². The first-order valence-corrected chi connectivity index (χ1v) is 15.3. The van der Waals surface area contributed by atoms with Gasteiger partial charge < -0.3 is 36.2 Å². The second kappa shape index (κ2) is 17.1. The Morgan fingerprint density at radius 2 is 1.69 bits per heavy atom. The van der Waals surface area contributed by atoms with Gasteiger partial charge in [-0.15, -0.1) is 0 Å². The summed E-state index contributed by atoms with van der Waals surface area (Å²) in [5.74, 6) is -2.36. The first-order valence-electron chi connectivity index (χ1n) is 15.3. The SMILES string of the molecule is CN(C)CCCCNC(=O)[C@@H]1CC(=O)NC(C)(C)C(=O)N[C@@H](Cc2ccccc2)C(=O)NCCCOc2ccccc2C(=O)N1. The fraction of sp³-hybridized carbons (Fsp3) is 0.485. The molecule has 12 nitrogen and oxygen atoms in total. The molecule has 2 atom stereocenters. The molecule has 0 spiro atoms. The molecule has 1 aliphatic heterocycles. The fourth-order valence-electron chi connectivity index (χ4n) is 4.74. The van der Waals surface area contributed by atoms with Crippen molar-refractivity contribution >= 4 is 29.5 Å². The van der Waals surface area contributed by atoms with E-state index in [1.54, 1.807) is 24.3 Å². The summed E-state index contributed by atoms with van der Waals surface area (Å²) in [5, 5.41) is 13.8. The van der Waals surface area contributed by atoms with Crippen LogP contribution in [0.4, 0.5) is 0 Å². The highest BCUT2D eigenvalue weighted by atomic mass is 16.5. The van der Waals surface area contributed by atoms with E-state index in [0.717, 1.165) is 24.9 Å². The van der Waals surface area contributed by atoms with E-state index in [2.05, 4.69) is 26.6 Å². The minimum atomic E-state index is -1.44. The largest absolute Gasteiger partial charge is 0.493 e. The fourth-order valence-corrected chi connectivity index (χ4v) is 4.74. The van der Waals surface area contributed by atoms with Gasteiger partial charge in [-0.1, -0.05) is 42.5 Å². The van der Waals surface area contributed by atoms with Crippen LogP contribution in [0.5, 0.6) is 5.75 Å². The highest BCUT2D eigenvalue weighted by molar-refractivity contribution is 6.01. The molecule has 5 amide bonds. The molecule has 5 N–H and O–H groups in total. The number of rotatable bonds is 8.